The van der Waals surface area contributed by atoms with E-state index in [1.165, 1.54) is 77.0 Å². The van der Waals surface area contributed by atoms with Crippen molar-refractivity contribution in [3.63, 3.8) is 0 Å². The molecule has 28 heavy (non-hydrogen) atoms. The molecule has 3 N–H and O–H groups in total. The largest absolute Gasteiger partial charge is 0.392 e. The first-order valence-electron chi connectivity index (χ1n) is 12.0. The van der Waals surface area contributed by atoms with Gasteiger partial charge in [-0.2, -0.15) is 0 Å². The SMILES string of the molecule is CCCCCCCCCCCCCCCCC(O)CN(C(C)(C)O)C(C)(C)O. The minimum atomic E-state index is -1.16. The molecule has 0 spiro atoms. The van der Waals surface area contributed by atoms with Gasteiger partial charge in [0.2, 0.25) is 0 Å². The van der Waals surface area contributed by atoms with Crippen LogP contribution in [0.4, 0.5) is 0 Å². The van der Waals surface area contributed by atoms with Crippen molar-refractivity contribution in [2.75, 3.05) is 6.54 Å². The monoisotopic (exact) mass is 401 g/mol. The maximum atomic E-state index is 10.3. The molecule has 0 heterocycles. The highest BCUT2D eigenvalue weighted by atomic mass is 16.3. The number of aliphatic hydroxyl groups is 3. The summed E-state index contributed by atoms with van der Waals surface area (Å²) >= 11 is 0. The van der Waals surface area contributed by atoms with Crippen LogP contribution in [0.25, 0.3) is 0 Å². The van der Waals surface area contributed by atoms with Crippen molar-refractivity contribution < 1.29 is 15.3 Å². The van der Waals surface area contributed by atoms with E-state index in [4.69, 9.17) is 0 Å². The number of hydrogen-bond donors (Lipinski definition) is 3. The molecular weight excluding hydrogens is 350 g/mol. The molecule has 4 nitrogen and oxygen atoms in total. The molecule has 0 aromatic carbocycles. The lowest BCUT2D eigenvalue weighted by atomic mass is 10.0. The fraction of sp³-hybridized carbons (Fsp3) is 1.00. The molecule has 0 bridgehead atoms. The van der Waals surface area contributed by atoms with Crippen LogP contribution in [0.5, 0.6) is 0 Å². The summed E-state index contributed by atoms with van der Waals surface area (Å²) in [7, 11) is 0. The van der Waals surface area contributed by atoms with E-state index >= 15 is 0 Å². The quantitative estimate of drug-likeness (QED) is 0.184. The highest BCUT2D eigenvalue weighted by Crippen LogP contribution is 2.22. The molecule has 0 amide bonds. The Balaban J connectivity index is 3.58. The van der Waals surface area contributed by atoms with Crippen LogP contribution in [0, 0.1) is 0 Å². The van der Waals surface area contributed by atoms with E-state index in [-0.39, 0.29) is 6.54 Å². The van der Waals surface area contributed by atoms with Gasteiger partial charge in [0.1, 0.15) is 11.4 Å². The van der Waals surface area contributed by atoms with Crippen molar-refractivity contribution in [3.8, 4) is 0 Å². The Morgan fingerprint density at radius 2 is 0.929 bits per heavy atom. The number of aliphatic hydroxyl groups excluding tert-OH is 1. The van der Waals surface area contributed by atoms with Gasteiger partial charge in [-0.25, -0.2) is 4.90 Å². The van der Waals surface area contributed by atoms with Crippen LogP contribution in [0.2, 0.25) is 0 Å². The normalized spacial score (nSPS) is 14.0. The topological polar surface area (TPSA) is 63.9 Å². The Morgan fingerprint density at radius 3 is 1.25 bits per heavy atom. The highest BCUT2D eigenvalue weighted by molar-refractivity contribution is 4.80. The van der Waals surface area contributed by atoms with Gasteiger partial charge in [-0.3, -0.25) is 0 Å². The van der Waals surface area contributed by atoms with Gasteiger partial charge in [0.05, 0.1) is 6.10 Å². The van der Waals surface area contributed by atoms with Crippen molar-refractivity contribution >= 4 is 0 Å². The lowest BCUT2D eigenvalue weighted by Crippen LogP contribution is -2.57. The lowest BCUT2D eigenvalue weighted by molar-refractivity contribution is -0.209. The molecular formula is C24H51NO3. The second kappa shape index (κ2) is 15.6. The van der Waals surface area contributed by atoms with Gasteiger partial charge in [0, 0.05) is 6.54 Å². The zero-order valence-electron chi connectivity index (χ0n) is 19.7. The summed E-state index contributed by atoms with van der Waals surface area (Å²) in [5, 5.41) is 30.7. The minimum Gasteiger partial charge on any atom is -0.392 e. The van der Waals surface area contributed by atoms with Crippen LogP contribution < -0.4 is 0 Å². The van der Waals surface area contributed by atoms with Crippen LogP contribution in [0.3, 0.4) is 0 Å². The number of unbranched alkanes of at least 4 members (excludes halogenated alkanes) is 13. The lowest BCUT2D eigenvalue weighted by Gasteiger charge is -2.43. The summed E-state index contributed by atoms with van der Waals surface area (Å²) in [6.07, 6.45) is 18.8. The second-order valence-corrected chi connectivity index (χ2v) is 9.64. The van der Waals surface area contributed by atoms with Crippen molar-refractivity contribution in [2.45, 2.75) is 148 Å². The van der Waals surface area contributed by atoms with Gasteiger partial charge in [-0.15, -0.1) is 0 Å². The number of hydrogen-bond acceptors (Lipinski definition) is 4. The van der Waals surface area contributed by atoms with Crippen molar-refractivity contribution in [2.24, 2.45) is 0 Å². The maximum Gasteiger partial charge on any atom is 0.115 e. The fourth-order valence-corrected chi connectivity index (χ4v) is 3.99. The zero-order chi connectivity index (χ0) is 21.5. The van der Waals surface area contributed by atoms with E-state index in [0.29, 0.717) is 0 Å². The molecule has 0 aliphatic carbocycles. The average molecular weight is 402 g/mol. The number of nitrogens with zero attached hydrogens (tertiary/aromatic N) is 1. The standard InChI is InChI=1S/C24H51NO3/c1-6-7-8-9-10-11-12-13-14-15-16-17-18-19-20-22(26)21-25(23(2,3)27)24(4,5)28/h22,26-28H,6-21H2,1-5H3. The predicted molar refractivity (Wildman–Crippen MR) is 120 cm³/mol. The third-order valence-corrected chi connectivity index (χ3v) is 5.61. The van der Waals surface area contributed by atoms with Gasteiger partial charge < -0.3 is 15.3 Å². The smallest absolute Gasteiger partial charge is 0.115 e. The van der Waals surface area contributed by atoms with Crippen molar-refractivity contribution in [1.29, 1.82) is 0 Å². The molecule has 0 aromatic heterocycles. The first-order chi connectivity index (χ1) is 13.1. The maximum absolute atomic E-state index is 10.3. The van der Waals surface area contributed by atoms with Gasteiger partial charge >= 0.3 is 0 Å². The molecule has 0 aliphatic heterocycles. The third kappa shape index (κ3) is 15.7. The Hall–Kier alpha value is -0.160. The molecule has 0 saturated carbocycles. The first kappa shape index (κ1) is 27.8. The van der Waals surface area contributed by atoms with Gasteiger partial charge in [0.25, 0.3) is 0 Å². The van der Waals surface area contributed by atoms with E-state index in [1.54, 1.807) is 32.6 Å². The summed E-state index contributed by atoms with van der Waals surface area (Å²) in [6.45, 7) is 9.12. The van der Waals surface area contributed by atoms with Crippen molar-refractivity contribution in [3.05, 3.63) is 0 Å². The van der Waals surface area contributed by atoms with E-state index < -0.39 is 17.6 Å². The molecule has 0 radical (unpaired) electrons. The molecule has 1 atom stereocenters. The zero-order valence-corrected chi connectivity index (χ0v) is 19.7. The van der Waals surface area contributed by atoms with E-state index in [1.807, 2.05) is 0 Å². The Kier molecular flexibility index (Phi) is 15.6. The summed E-state index contributed by atoms with van der Waals surface area (Å²) in [5.74, 6) is 0. The summed E-state index contributed by atoms with van der Waals surface area (Å²) in [6, 6.07) is 0. The summed E-state index contributed by atoms with van der Waals surface area (Å²) in [5.41, 5.74) is -2.32. The van der Waals surface area contributed by atoms with Crippen LogP contribution in [0.1, 0.15) is 131 Å². The van der Waals surface area contributed by atoms with Crippen LogP contribution in [0.15, 0.2) is 0 Å². The molecule has 0 saturated heterocycles. The average Bonchev–Trinajstić information content (AvgIpc) is 2.58. The molecule has 170 valence electrons. The minimum absolute atomic E-state index is 0.283. The van der Waals surface area contributed by atoms with Crippen molar-refractivity contribution in [1.82, 2.24) is 4.90 Å². The Morgan fingerprint density at radius 1 is 0.607 bits per heavy atom. The summed E-state index contributed by atoms with van der Waals surface area (Å²) < 4.78 is 0. The molecule has 0 aromatic rings. The predicted octanol–water partition coefficient (Wildman–Crippen LogP) is 5.98. The number of rotatable bonds is 19. The van der Waals surface area contributed by atoms with Gasteiger partial charge in [-0.1, -0.05) is 96.8 Å². The third-order valence-electron chi connectivity index (χ3n) is 5.61. The van der Waals surface area contributed by atoms with Crippen LogP contribution in [-0.4, -0.2) is 44.3 Å². The van der Waals surface area contributed by atoms with E-state index in [9.17, 15) is 15.3 Å². The molecule has 0 aliphatic rings. The van der Waals surface area contributed by atoms with E-state index in [0.717, 1.165) is 19.3 Å². The molecule has 0 rings (SSSR count). The molecule has 0 fully saturated rings. The molecule has 1 unspecified atom stereocenters. The summed E-state index contributed by atoms with van der Waals surface area (Å²) in [4.78, 5) is 1.55. The second-order valence-electron chi connectivity index (χ2n) is 9.64. The van der Waals surface area contributed by atoms with Crippen LogP contribution in [-0.2, 0) is 0 Å². The van der Waals surface area contributed by atoms with Crippen LogP contribution >= 0.6 is 0 Å². The fourth-order valence-electron chi connectivity index (χ4n) is 3.99. The first-order valence-corrected chi connectivity index (χ1v) is 12.0. The van der Waals surface area contributed by atoms with Gasteiger partial charge in [-0.05, 0) is 34.1 Å². The molecule has 4 heteroatoms. The Bertz CT molecular complexity index is 333. The van der Waals surface area contributed by atoms with Gasteiger partial charge in [0.15, 0.2) is 0 Å². The Labute approximate surface area is 175 Å². The highest BCUT2D eigenvalue weighted by Gasteiger charge is 2.35. The van der Waals surface area contributed by atoms with E-state index in [2.05, 4.69) is 6.92 Å².